The van der Waals surface area contributed by atoms with E-state index >= 15 is 0 Å². The number of hydrogen-bond donors (Lipinski definition) is 2. The molecule has 5 rings (SSSR count). The molecular weight excluding hydrogens is 700 g/mol. The van der Waals surface area contributed by atoms with Gasteiger partial charge in [0.15, 0.2) is 0 Å². The van der Waals surface area contributed by atoms with Crippen molar-refractivity contribution in [3.63, 3.8) is 0 Å². The average Bonchev–Trinajstić information content (AvgIpc) is 3.18. The lowest BCUT2D eigenvalue weighted by molar-refractivity contribution is -0.255. The number of rotatable bonds is 20. The van der Waals surface area contributed by atoms with Crippen LogP contribution in [0.4, 0.5) is 4.79 Å². The molecule has 2 fully saturated rings. The second kappa shape index (κ2) is 20.2. The van der Waals surface area contributed by atoms with Crippen molar-refractivity contribution in [1.29, 1.82) is 0 Å². The van der Waals surface area contributed by atoms with Crippen LogP contribution in [0.1, 0.15) is 110 Å². The number of aliphatic hydroxyl groups excluding tert-OH is 2. The van der Waals surface area contributed by atoms with Gasteiger partial charge in [0.1, 0.15) is 24.1 Å². The quantitative estimate of drug-likeness (QED) is 0.0765. The smallest absolute Gasteiger partial charge is 0.410 e. The molecule has 7 atom stereocenters. The number of carbonyl (C=O) groups is 1. The maximum absolute atomic E-state index is 14.4. The first-order valence-corrected chi connectivity index (χ1v) is 20.6. The van der Waals surface area contributed by atoms with E-state index in [1.165, 1.54) is 0 Å². The fourth-order valence-corrected chi connectivity index (χ4v) is 8.79. The van der Waals surface area contributed by atoms with Crippen LogP contribution in [0.2, 0.25) is 0 Å². The predicted molar refractivity (Wildman–Crippen MR) is 213 cm³/mol. The Morgan fingerprint density at radius 2 is 1.84 bits per heavy atom. The summed E-state index contributed by atoms with van der Waals surface area (Å²) in [4.78, 5) is 22.4. The fraction of sp³-hybridized carbons (Fsp3) is 0.682. The van der Waals surface area contributed by atoms with Gasteiger partial charge in [-0.15, -0.1) is 6.58 Å². The predicted octanol–water partition coefficient (Wildman–Crippen LogP) is 8.31. The fourth-order valence-electron chi connectivity index (χ4n) is 8.79. The Morgan fingerprint density at radius 1 is 1.07 bits per heavy atom. The summed E-state index contributed by atoms with van der Waals surface area (Å²) >= 11 is 0. The Labute approximate surface area is 328 Å². The van der Waals surface area contributed by atoms with Crippen LogP contribution in [0.5, 0.6) is 11.5 Å². The summed E-state index contributed by atoms with van der Waals surface area (Å²) in [5.74, 6) is -0.283. The number of benzene rings is 1. The zero-order valence-electron chi connectivity index (χ0n) is 33.7. The van der Waals surface area contributed by atoms with Gasteiger partial charge < -0.3 is 38.7 Å². The number of oxime groups is 1. The first kappa shape index (κ1) is 42.8. The SMILES string of the molecule is C=CCOc1ccc2c(c1)[C@H]1[C@H](CCCCO)[C@@H](CCCCO)C=C3C(=NOC4CCCCO4)C[C@H](N(CCC)C(=O)OCC(C)(C)C)[C@@](OCC=C)(O2)[C@H]31. The number of ether oxygens (including phenoxy) is 5. The van der Waals surface area contributed by atoms with E-state index in [9.17, 15) is 15.0 Å². The lowest BCUT2D eigenvalue weighted by atomic mass is 9.55. The first-order valence-electron chi connectivity index (χ1n) is 20.6. The number of amides is 1. The van der Waals surface area contributed by atoms with E-state index in [1.54, 1.807) is 17.1 Å². The summed E-state index contributed by atoms with van der Waals surface area (Å²) in [5.41, 5.74) is 2.49. The standard InChI is InChI=1S/C44H66N2O9/c1-7-21-46(42(49)52-30-43(4,5)6)38-29-36(45-55-39-18-12-15-26-51-39)34-27-31(16-10-13-22-47)33(17-11-14-23-48)40-35-28-32(50-24-8-2)19-20-37(35)54-44(38,41(34)40)53-25-9-3/h8-9,19-20,27-28,31,33,38-41,47-48H,2-3,7,10-18,21-26,29-30H2,1,4-6H3/t31-,33+,38-,39?,40+,41+,44+/m0/s1. The van der Waals surface area contributed by atoms with E-state index in [1.807, 2.05) is 39.8 Å². The summed E-state index contributed by atoms with van der Waals surface area (Å²) < 4.78 is 32.4. The van der Waals surface area contributed by atoms with E-state index < -0.39 is 30.1 Å². The lowest BCUT2D eigenvalue weighted by Gasteiger charge is -2.60. The minimum atomic E-state index is -1.34. The van der Waals surface area contributed by atoms with Crippen molar-refractivity contribution in [3.05, 3.63) is 60.7 Å². The third kappa shape index (κ3) is 10.3. The van der Waals surface area contributed by atoms with Crippen molar-refractivity contribution in [2.24, 2.45) is 28.3 Å². The van der Waals surface area contributed by atoms with Crippen LogP contribution in [-0.2, 0) is 19.0 Å². The first-order chi connectivity index (χ1) is 26.6. The van der Waals surface area contributed by atoms with Crippen LogP contribution in [0.25, 0.3) is 0 Å². The molecule has 0 spiro atoms. The summed E-state index contributed by atoms with van der Waals surface area (Å²) in [5, 5.41) is 24.6. The Balaban J connectivity index is 1.76. The minimum absolute atomic E-state index is 0.109. The molecule has 0 aromatic heterocycles. The molecule has 2 heterocycles. The molecule has 306 valence electrons. The Hall–Kier alpha value is -3.38. The highest BCUT2D eigenvalue weighted by atomic mass is 16.8. The van der Waals surface area contributed by atoms with E-state index in [4.69, 9.17) is 33.7 Å². The summed E-state index contributed by atoms with van der Waals surface area (Å²) in [6.07, 6.45) is 13.4. The Bertz CT molecular complexity index is 1480. The normalized spacial score (nSPS) is 27.9. The maximum atomic E-state index is 14.4. The van der Waals surface area contributed by atoms with Gasteiger partial charge in [-0.25, -0.2) is 4.79 Å². The molecular formula is C44H66N2O9. The van der Waals surface area contributed by atoms with Gasteiger partial charge in [0.2, 0.25) is 12.1 Å². The maximum Gasteiger partial charge on any atom is 0.410 e. The summed E-state index contributed by atoms with van der Waals surface area (Å²) in [6, 6.07) is 5.31. The third-order valence-electron chi connectivity index (χ3n) is 11.1. The van der Waals surface area contributed by atoms with Crippen molar-refractivity contribution >= 4 is 11.8 Å². The molecule has 1 saturated heterocycles. The van der Waals surface area contributed by atoms with Crippen LogP contribution >= 0.6 is 0 Å². The topological polar surface area (TPSA) is 129 Å². The molecule has 1 saturated carbocycles. The van der Waals surface area contributed by atoms with Gasteiger partial charge in [-0.05, 0) is 86.0 Å². The number of aliphatic hydroxyl groups is 2. The number of fused-ring (bicyclic) bond motifs is 2. The van der Waals surface area contributed by atoms with Gasteiger partial charge in [-0.3, -0.25) is 4.90 Å². The highest BCUT2D eigenvalue weighted by Gasteiger charge is 2.65. The number of hydrogen-bond acceptors (Lipinski definition) is 10. The molecule has 0 radical (unpaired) electrons. The van der Waals surface area contributed by atoms with Gasteiger partial charge in [0, 0.05) is 44.1 Å². The van der Waals surface area contributed by atoms with E-state index in [2.05, 4.69) is 25.3 Å². The van der Waals surface area contributed by atoms with Crippen molar-refractivity contribution in [1.82, 2.24) is 4.90 Å². The van der Waals surface area contributed by atoms with Crippen molar-refractivity contribution in [2.45, 2.75) is 122 Å². The summed E-state index contributed by atoms with van der Waals surface area (Å²) in [7, 11) is 0. The molecule has 55 heavy (non-hydrogen) atoms. The van der Waals surface area contributed by atoms with Gasteiger partial charge >= 0.3 is 6.09 Å². The molecule has 2 N–H and O–H groups in total. The second-order valence-corrected chi connectivity index (χ2v) is 16.6. The monoisotopic (exact) mass is 766 g/mol. The van der Waals surface area contributed by atoms with Crippen LogP contribution in [0.3, 0.4) is 0 Å². The van der Waals surface area contributed by atoms with Crippen LogP contribution < -0.4 is 9.47 Å². The molecule has 1 aromatic rings. The van der Waals surface area contributed by atoms with Crippen LogP contribution in [-0.4, -0.2) is 91.2 Å². The second-order valence-electron chi connectivity index (χ2n) is 16.6. The number of carbonyl (C=O) groups excluding carboxylic acids is 1. The zero-order chi connectivity index (χ0) is 39.4. The molecule has 2 aliphatic carbocycles. The largest absolute Gasteiger partial charge is 0.490 e. The molecule has 0 bridgehead atoms. The molecule has 11 nitrogen and oxygen atoms in total. The highest BCUT2D eigenvalue weighted by Crippen LogP contribution is 2.62. The van der Waals surface area contributed by atoms with Gasteiger partial charge in [0.05, 0.1) is 31.5 Å². The number of allylic oxidation sites excluding steroid dienone is 1. The molecule has 1 amide bonds. The molecule has 4 aliphatic rings. The van der Waals surface area contributed by atoms with Gasteiger partial charge in [0.25, 0.3) is 0 Å². The molecule has 11 heteroatoms. The molecule has 1 unspecified atom stereocenters. The van der Waals surface area contributed by atoms with E-state index in [-0.39, 0.29) is 49.6 Å². The number of unbranched alkanes of at least 4 members (excludes halogenated alkanes) is 2. The van der Waals surface area contributed by atoms with Crippen molar-refractivity contribution < 1.29 is 43.5 Å². The molecule has 2 aliphatic heterocycles. The summed E-state index contributed by atoms with van der Waals surface area (Å²) in [6.45, 7) is 18.1. The van der Waals surface area contributed by atoms with Crippen molar-refractivity contribution in [3.8, 4) is 11.5 Å². The van der Waals surface area contributed by atoms with E-state index in [0.29, 0.717) is 56.9 Å². The van der Waals surface area contributed by atoms with Crippen molar-refractivity contribution in [2.75, 3.05) is 46.2 Å². The highest BCUT2D eigenvalue weighted by molar-refractivity contribution is 6.03. The molecule has 1 aromatic carbocycles. The average molecular weight is 767 g/mol. The Morgan fingerprint density at radius 3 is 2.51 bits per heavy atom. The van der Waals surface area contributed by atoms with E-state index in [0.717, 1.165) is 61.8 Å². The van der Waals surface area contributed by atoms with Crippen LogP contribution in [0.15, 0.2) is 60.3 Å². The van der Waals surface area contributed by atoms with Gasteiger partial charge in [-0.1, -0.05) is 70.5 Å². The van der Waals surface area contributed by atoms with Gasteiger partial charge in [-0.2, -0.15) is 0 Å². The lowest BCUT2D eigenvalue weighted by Crippen LogP contribution is -2.70. The zero-order valence-corrected chi connectivity index (χ0v) is 33.7. The van der Waals surface area contributed by atoms with Crippen LogP contribution in [0, 0.1) is 23.2 Å². The third-order valence-corrected chi connectivity index (χ3v) is 11.1. The number of nitrogens with zero attached hydrogens (tertiary/aromatic N) is 2. The minimum Gasteiger partial charge on any atom is -0.490 e. The Kier molecular flexibility index (Phi) is 15.7.